The first kappa shape index (κ1) is 24.4. The van der Waals surface area contributed by atoms with E-state index in [2.05, 4.69) is 21.2 Å². The number of anilines is 2. The summed E-state index contributed by atoms with van der Waals surface area (Å²) in [5.41, 5.74) is 3.59. The van der Waals surface area contributed by atoms with Gasteiger partial charge < -0.3 is 10.2 Å². The maximum Gasteiger partial charge on any atom is 0.259 e. The average Bonchev–Trinajstić information content (AvgIpc) is 2.96. The fourth-order valence-electron chi connectivity index (χ4n) is 4.11. The smallest absolute Gasteiger partial charge is 0.259 e. The fourth-order valence-corrected chi connectivity index (χ4v) is 5.91. The zero-order valence-electron chi connectivity index (χ0n) is 19.1. The van der Waals surface area contributed by atoms with E-state index in [0.717, 1.165) is 15.6 Å². The molecule has 4 aromatic rings. The standard InChI is InChI=1S/C28H20BrClN2O3S/c1-17-13-21(10-11-23(17)29)31-27(33)19-9-12-26-24(15-19)32(16-18-5-4-6-20(30)14-18)28(34)22-7-2-3-8-25(22)36(26)35/h2-15H,16H2,1H3,(H,31,33)/t36-/m0/s1. The highest BCUT2D eigenvalue weighted by Gasteiger charge is 2.31. The Labute approximate surface area is 224 Å². The highest BCUT2D eigenvalue weighted by Crippen LogP contribution is 2.36. The molecule has 1 aliphatic heterocycles. The Morgan fingerprint density at radius 1 is 0.972 bits per heavy atom. The zero-order chi connectivity index (χ0) is 25.4. The summed E-state index contributed by atoms with van der Waals surface area (Å²) in [5.74, 6) is -0.624. The number of nitrogens with one attached hydrogen (secondary N) is 1. The Morgan fingerprint density at radius 3 is 2.56 bits per heavy atom. The highest BCUT2D eigenvalue weighted by atomic mass is 79.9. The number of hydrogen-bond donors (Lipinski definition) is 1. The topological polar surface area (TPSA) is 66.5 Å². The second-order valence-electron chi connectivity index (χ2n) is 8.39. The summed E-state index contributed by atoms with van der Waals surface area (Å²) in [5, 5.41) is 3.46. The summed E-state index contributed by atoms with van der Waals surface area (Å²) in [6, 6.07) is 24.6. The third-order valence-electron chi connectivity index (χ3n) is 5.92. The van der Waals surface area contributed by atoms with Crippen LogP contribution in [0.15, 0.2) is 99.2 Å². The van der Waals surface area contributed by atoms with Gasteiger partial charge in [0.2, 0.25) is 0 Å². The molecule has 0 unspecified atom stereocenters. The lowest BCUT2D eigenvalue weighted by atomic mass is 10.1. The van der Waals surface area contributed by atoms with Gasteiger partial charge in [-0.2, -0.15) is 0 Å². The molecule has 1 aliphatic rings. The molecule has 1 N–H and O–H groups in total. The van der Waals surface area contributed by atoms with Crippen LogP contribution in [0.25, 0.3) is 0 Å². The molecule has 0 saturated carbocycles. The summed E-state index contributed by atoms with van der Waals surface area (Å²) in [6.45, 7) is 2.14. The summed E-state index contributed by atoms with van der Waals surface area (Å²) in [7, 11) is -1.60. The van der Waals surface area contributed by atoms with Crippen LogP contribution in [0.5, 0.6) is 0 Å². The molecule has 2 amide bonds. The van der Waals surface area contributed by atoms with Gasteiger partial charge in [-0.3, -0.25) is 9.59 Å². The summed E-state index contributed by atoms with van der Waals surface area (Å²) in [6.07, 6.45) is 0. The van der Waals surface area contributed by atoms with E-state index in [1.54, 1.807) is 65.6 Å². The Morgan fingerprint density at radius 2 is 1.78 bits per heavy atom. The summed E-state index contributed by atoms with van der Waals surface area (Å²) < 4.78 is 14.5. The van der Waals surface area contributed by atoms with Crippen molar-refractivity contribution in [1.29, 1.82) is 0 Å². The number of rotatable bonds is 4. The van der Waals surface area contributed by atoms with Crippen LogP contribution in [0.1, 0.15) is 31.8 Å². The number of carbonyl (C=O) groups excluding carboxylic acids is 2. The number of amides is 2. The van der Waals surface area contributed by atoms with Crippen molar-refractivity contribution < 1.29 is 13.8 Å². The predicted molar refractivity (Wildman–Crippen MR) is 146 cm³/mol. The predicted octanol–water partition coefficient (Wildman–Crippen LogP) is 6.99. The van der Waals surface area contributed by atoms with Crippen molar-refractivity contribution in [1.82, 2.24) is 0 Å². The quantitative estimate of drug-likeness (QED) is 0.283. The number of carbonyl (C=O) groups is 2. The molecule has 36 heavy (non-hydrogen) atoms. The van der Waals surface area contributed by atoms with E-state index in [1.165, 1.54) is 0 Å². The van der Waals surface area contributed by atoms with E-state index in [9.17, 15) is 13.8 Å². The van der Waals surface area contributed by atoms with E-state index in [0.29, 0.717) is 37.3 Å². The van der Waals surface area contributed by atoms with Crippen molar-refractivity contribution >= 4 is 61.5 Å². The van der Waals surface area contributed by atoms with E-state index in [4.69, 9.17) is 11.6 Å². The SMILES string of the molecule is Cc1cc(NC(=O)c2ccc3c(c2)N(Cc2cccc(Cl)c2)C(=O)c2ccccc2[S@@]3=O)ccc1Br. The monoisotopic (exact) mass is 578 g/mol. The van der Waals surface area contributed by atoms with Crippen LogP contribution < -0.4 is 10.2 Å². The van der Waals surface area contributed by atoms with E-state index < -0.39 is 10.8 Å². The fraction of sp³-hybridized carbons (Fsp3) is 0.0714. The largest absolute Gasteiger partial charge is 0.322 e. The van der Waals surface area contributed by atoms with Gasteiger partial charge in [0.25, 0.3) is 11.8 Å². The molecule has 4 aromatic carbocycles. The zero-order valence-corrected chi connectivity index (χ0v) is 22.3. The van der Waals surface area contributed by atoms with Crippen molar-refractivity contribution in [3.8, 4) is 0 Å². The maximum absolute atomic E-state index is 13.7. The first-order valence-corrected chi connectivity index (χ1v) is 13.4. The molecule has 0 saturated heterocycles. The van der Waals surface area contributed by atoms with Gasteiger partial charge >= 0.3 is 0 Å². The van der Waals surface area contributed by atoms with Crippen LogP contribution in [0, 0.1) is 6.92 Å². The number of nitrogens with zero attached hydrogens (tertiary/aromatic N) is 1. The van der Waals surface area contributed by atoms with E-state index >= 15 is 0 Å². The Bertz CT molecular complexity index is 1560. The normalized spacial score (nSPS) is 14.6. The number of hydrogen-bond acceptors (Lipinski definition) is 3. The second-order valence-corrected chi connectivity index (χ2v) is 11.1. The molecular weight excluding hydrogens is 560 g/mol. The number of fused-ring (bicyclic) bond motifs is 2. The Kier molecular flexibility index (Phi) is 6.79. The van der Waals surface area contributed by atoms with Crippen molar-refractivity contribution in [2.75, 3.05) is 10.2 Å². The van der Waals surface area contributed by atoms with Crippen LogP contribution >= 0.6 is 27.5 Å². The lowest BCUT2D eigenvalue weighted by Gasteiger charge is -2.24. The molecule has 0 aliphatic carbocycles. The van der Waals surface area contributed by atoms with Crippen molar-refractivity contribution in [3.05, 3.63) is 117 Å². The number of halogens is 2. The Hall–Kier alpha value is -3.26. The lowest BCUT2D eigenvalue weighted by Crippen LogP contribution is -2.30. The summed E-state index contributed by atoms with van der Waals surface area (Å²) in [4.78, 5) is 29.4. The van der Waals surface area contributed by atoms with Gasteiger partial charge in [-0.05, 0) is 78.7 Å². The van der Waals surface area contributed by atoms with Gasteiger partial charge in [0.05, 0.1) is 38.4 Å². The van der Waals surface area contributed by atoms with Gasteiger partial charge in [0, 0.05) is 20.7 Å². The average molecular weight is 580 g/mol. The minimum absolute atomic E-state index is 0.203. The van der Waals surface area contributed by atoms with Crippen LogP contribution in [0.3, 0.4) is 0 Å². The minimum atomic E-state index is -1.60. The first-order chi connectivity index (χ1) is 17.3. The van der Waals surface area contributed by atoms with E-state index in [-0.39, 0.29) is 18.4 Å². The minimum Gasteiger partial charge on any atom is -0.322 e. The van der Waals surface area contributed by atoms with Crippen LogP contribution in [0.4, 0.5) is 11.4 Å². The molecular formula is C28H20BrClN2O3S. The molecule has 8 heteroatoms. The van der Waals surface area contributed by atoms with Gasteiger partial charge in [-0.15, -0.1) is 0 Å². The maximum atomic E-state index is 13.7. The van der Waals surface area contributed by atoms with E-state index in [1.807, 2.05) is 31.2 Å². The molecule has 180 valence electrons. The third kappa shape index (κ3) is 4.74. The van der Waals surface area contributed by atoms with Crippen molar-refractivity contribution in [2.24, 2.45) is 0 Å². The molecule has 0 spiro atoms. The van der Waals surface area contributed by atoms with Crippen molar-refractivity contribution in [3.63, 3.8) is 0 Å². The molecule has 1 heterocycles. The molecule has 0 radical (unpaired) electrons. The molecule has 0 bridgehead atoms. The third-order valence-corrected chi connectivity index (χ3v) is 8.54. The number of benzene rings is 4. The van der Waals surface area contributed by atoms with Gasteiger partial charge in [-0.25, -0.2) is 4.21 Å². The highest BCUT2D eigenvalue weighted by molar-refractivity contribution is 9.10. The molecule has 1 atom stereocenters. The second kappa shape index (κ2) is 10.0. The van der Waals surface area contributed by atoms with Gasteiger partial charge in [0.15, 0.2) is 0 Å². The van der Waals surface area contributed by atoms with Crippen LogP contribution in [-0.2, 0) is 17.3 Å². The van der Waals surface area contributed by atoms with Crippen molar-refractivity contribution in [2.45, 2.75) is 23.3 Å². The lowest BCUT2D eigenvalue weighted by molar-refractivity contribution is 0.0979. The van der Waals surface area contributed by atoms with Crippen LogP contribution in [-0.4, -0.2) is 16.0 Å². The number of aryl methyl sites for hydroxylation is 1. The molecule has 0 aromatic heterocycles. The van der Waals surface area contributed by atoms with Gasteiger partial charge in [-0.1, -0.05) is 51.8 Å². The Balaban J connectivity index is 1.59. The molecule has 5 nitrogen and oxygen atoms in total. The van der Waals surface area contributed by atoms with Crippen LogP contribution in [0.2, 0.25) is 5.02 Å². The first-order valence-electron chi connectivity index (χ1n) is 11.1. The summed E-state index contributed by atoms with van der Waals surface area (Å²) >= 11 is 9.66. The molecule has 5 rings (SSSR count). The molecule has 0 fully saturated rings. The van der Waals surface area contributed by atoms with Gasteiger partial charge in [0.1, 0.15) is 0 Å².